The number of esters is 1. The summed E-state index contributed by atoms with van der Waals surface area (Å²) in [6.45, 7) is 0.950. The number of aliphatic hydroxyl groups excluding tert-OH is 1. The molecule has 2 heterocycles. The molecule has 1 N–H and O–H groups in total. The largest absolute Gasteiger partial charge is 0.444 e. The molecule has 0 fully saturated rings. The molecule has 2 aromatic carbocycles. The van der Waals surface area contributed by atoms with Crippen molar-refractivity contribution in [3.8, 4) is 11.5 Å². The van der Waals surface area contributed by atoms with E-state index in [0.29, 0.717) is 23.5 Å². The molecule has 9 heteroatoms. The van der Waals surface area contributed by atoms with Crippen LogP contribution in [0.3, 0.4) is 0 Å². The first-order valence-electron chi connectivity index (χ1n) is 9.54. The van der Waals surface area contributed by atoms with Crippen molar-refractivity contribution in [2.75, 3.05) is 13.4 Å². The quantitative estimate of drug-likeness (QED) is 0.538. The zero-order valence-corrected chi connectivity index (χ0v) is 17.2. The highest BCUT2D eigenvalue weighted by molar-refractivity contribution is 6.30. The van der Waals surface area contributed by atoms with Crippen molar-refractivity contribution < 1.29 is 37.6 Å². The topological polar surface area (TPSA) is 74.2 Å². The van der Waals surface area contributed by atoms with Gasteiger partial charge in [-0.2, -0.15) is 0 Å². The highest BCUT2D eigenvalue weighted by Gasteiger charge is 2.44. The number of carbonyl (C=O) groups is 1. The highest BCUT2D eigenvalue weighted by atomic mass is 35.5. The van der Waals surface area contributed by atoms with Crippen LogP contribution in [0, 0.1) is 11.6 Å². The molecule has 2 aliphatic heterocycles. The van der Waals surface area contributed by atoms with E-state index in [1.54, 1.807) is 18.2 Å². The SMILES string of the molecule is CC1(c2c(F)cc(Cl)cc2F)Oc2cccc(C3=CCC(CC(=O)OCO)OC3)c2O1. The summed E-state index contributed by atoms with van der Waals surface area (Å²) in [6.07, 6.45) is 1.99. The number of fused-ring (bicyclic) bond motifs is 1. The van der Waals surface area contributed by atoms with Gasteiger partial charge in [0.15, 0.2) is 18.3 Å². The van der Waals surface area contributed by atoms with Gasteiger partial charge in [0, 0.05) is 17.5 Å². The van der Waals surface area contributed by atoms with Gasteiger partial charge in [-0.05, 0) is 30.2 Å². The van der Waals surface area contributed by atoms with Crippen molar-refractivity contribution in [1.29, 1.82) is 0 Å². The Bertz CT molecular complexity index is 1030. The Hall–Kier alpha value is -2.68. The van der Waals surface area contributed by atoms with Crippen molar-refractivity contribution in [3.05, 3.63) is 64.2 Å². The van der Waals surface area contributed by atoms with E-state index in [-0.39, 0.29) is 29.7 Å². The molecular weight excluding hydrogens is 434 g/mol. The van der Waals surface area contributed by atoms with Crippen LogP contribution in [0.25, 0.3) is 5.57 Å². The summed E-state index contributed by atoms with van der Waals surface area (Å²) < 4.78 is 51.0. The number of carbonyl (C=O) groups excluding carboxylic acids is 1. The lowest BCUT2D eigenvalue weighted by Crippen LogP contribution is -2.34. The number of halogens is 3. The van der Waals surface area contributed by atoms with E-state index in [2.05, 4.69) is 4.74 Å². The Balaban J connectivity index is 1.58. The van der Waals surface area contributed by atoms with Crippen molar-refractivity contribution in [2.24, 2.45) is 0 Å². The number of hydrogen-bond donors (Lipinski definition) is 1. The summed E-state index contributed by atoms with van der Waals surface area (Å²) in [5.41, 5.74) is 1.07. The van der Waals surface area contributed by atoms with E-state index in [0.717, 1.165) is 17.7 Å². The first kappa shape index (κ1) is 21.5. The maximum absolute atomic E-state index is 14.5. The van der Waals surface area contributed by atoms with Crippen LogP contribution in [0.5, 0.6) is 11.5 Å². The normalized spacial score (nSPS) is 22.2. The van der Waals surface area contributed by atoms with Gasteiger partial charge in [-0.25, -0.2) is 8.78 Å². The fourth-order valence-electron chi connectivity index (χ4n) is 3.71. The van der Waals surface area contributed by atoms with Crippen LogP contribution in [0.2, 0.25) is 5.02 Å². The predicted molar refractivity (Wildman–Crippen MR) is 107 cm³/mol. The molecule has 0 radical (unpaired) electrons. The molecule has 0 aromatic heterocycles. The summed E-state index contributed by atoms with van der Waals surface area (Å²) in [5.74, 6) is -3.34. The summed E-state index contributed by atoms with van der Waals surface area (Å²) in [4.78, 5) is 11.5. The zero-order valence-electron chi connectivity index (χ0n) is 16.5. The van der Waals surface area contributed by atoms with Crippen molar-refractivity contribution in [2.45, 2.75) is 31.7 Å². The molecule has 2 unspecified atom stereocenters. The van der Waals surface area contributed by atoms with Crippen LogP contribution in [0.1, 0.15) is 30.9 Å². The number of ether oxygens (including phenoxy) is 4. The van der Waals surface area contributed by atoms with Crippen molar-refractivity contribution in [1.82, 2.24) is 0 Å². The second kappa shape index (κ2) is 8.45. The van der Waals surface area contributed by atoms with Gasteiger partial charge in [-0.3, -0.25) is 4.79 Å². The second-order valence-electron chi connectivity index (χ2n) is 7.27. The average Bonchev–Trinajstić information content (AvgIpc) is 3.04. The average molecular weight is 453 g/mol. The summed E-state index contributed by atoms with van der Waals surface area (Å²) in [5, 5.41) is 8.57. The number of hydrogen-bond acceptors (Lipinski definition) is 6. The van der Waals surface area contributed by atoms with Gasteiger partial charge in [-0.15, -0.1) is 0 Å². The molecule has 0 saturated heterocycles. The van der Waals surface area contributed by atoms with Gasteiger partial charge in [0.2, 0.25) is 0 Å². The Morgan fingerprint density at radius 1 is 1.29 bits per heavy atom. The standard InChI is InChI=1S/C22H19ClF2O6/c1-22(20-16(24)7-13(23)8-17(20)25)30-18-4-2-3-15(21(18)31-22)12-5-6-14(28-10-12)9-19(27)29-11-26/h2-5,7-8,14,26H,6,9-11H2,1H3. The molecule has 2 aromatic rings. The predicted octanol–water partition coefficient (Wildman–Crippen LogP) is 4.32. The van der Waals surface area contributed by atoms with Crippen molar-refractivity contribution >= 4 is 23.1 Å². The van der Waals surface area contributed by atoms with Gasteiger partial charge < -0.3 is 24.1 Å². The number of aliphatic hydroxyl groups is 1. The first-order chi connectivity index (χ1) is 14.8. The third-order valence-corrected chi connectivity index (χ3v) is 5.33. The fraction of sp³-hybridized carbons (Fsp3) is 0.318. The van der Waals surface area contributed by atoms with E-state index in [9.17, 15) is 13.6 Å². The summed E-state index contributed by atoms with van der Waals surface area (Å²) >= 11 is 5.73. The number of para-hydroxylation sites is 1. The van der Waals surface area contributed by atoms with E-state index >= 15 is 0 Å². The van der Waals surface area contributed by atoms with E-state index in [4.69, 9.17) is 30.9 Å². The third-order valence-electron chi connectivity index (χ3n) is 5.11. The molecule has 164 valence electrons. The molecule has 2 atom stereocenters. The van der Waals surface area contributed by atoms with Crippen LogP contribution in [-0.4, -0.2) is 30.6 Å². The zero-order chi connectivity index (χ0) is 22.2. The maximum atomic E-state index is 14.5. The van der Waals surface area contributed by atoms with E-state index in [1.807, 2.05) is 6.08 Å². The number of rotatable bonds is 5. The number of benzene rings is 2. The molecule has 0 spiro atoms. The first-order valence-corrected chi connectivity index (χ1v) is 9.92. The lowest BCUT2D eigenvalue weighted by atomic mass is 9.99. The highest BCUT2D eigenvalue weighted by Crippen LogP contribution is 2.49. The molecule has 0 saturated carbocycles. The Kier molecular flexibility index (Phi) is 5.88. The molecule has 31 heavy (non-hydrogen) atoms. The van der Waals surface area contributed by atoms with E-state index < -0.39 is 30.2 Å². The maximum Gasteiger partial charge on any atom is 0.310 e. The molecule has 2 aliphatic rings. The summed E-state index contributed by atoms with van der Waals surface area (Å²) in [6, 6.07) is 7.18. The molecule has 0 aliphatic carbocycles. The minimum Gasteiger partial charge on any atom is -0.444 e. The third kappa shape index (κ3) is 4.23. The van der Waals surface area contributed by atoms with Crippen LogP contribution in [-0.2, 0) is 20.1 Å². The van der Waals surface area contributed by atoms with Crippen molar-refractivity contribution in [3.63, 3.8) is 0 Å². The van der Waals surface area contributed by atoms with E-state index in [1.165, 1.54) is 6.92 Å². The summed E-state index contributed by atoms with van der Waals surface area (Å²) in [7, 11) is 0. The van der Waals surface area contributed by atoms with Crippen LogP contribution in [0.4, 0.5) is 8.78 Å². The molecule has 0 bridgehead atoms. The lowest BCUT2D eigenvalue weighted by molar-refractivity contribution is -0.154. The molecular formula is C22H19ClF2O6. The Morgan fingerprint density at radius 2 is 2.03 bits per heavy atom. The van der Waals surface area contributed by atoms with Gasteiger partial charge in [-0.1, -0.05) is 29.8 Å². The fourth-order valence-corrected chi connectivity index (χ4v) is 3.90. The van der Waals surface area contributed by atoms with Crippen LogP contribution in [0.15, 0.2) is 36.4 Å². The van der Waals surface area contributed by atoms with Gasteiger partial charge in [0.05, 0.1) is 19.1 Å². The molecule has 4 rings (SSSR count). The monoisotopic (exact) mass is 452 g/mol. The lowest BCUT2D eigenvalue weighted by Gasteiger charge is -2.25. The van der Waals surface area contributed by atoms with Gasteiger partial charge in [0.1, 0.15) is 17.2 Å². The second-order valence-corrected chi connectivity index (χ2v) is 7.71. The smallest absolute Gasteiger partial charge is 0.310 e. The van der Waals surface area contributed by atoms with Crippen LogP contribution >= 0.6 is 11.6 Å². The molecule has 0 amide bonds. The molecule has 6 nitrogen and oxygen atoms in total. The van der Waals surface area contributed by atoms with Gasteiger partial charge in [0.25, 0.3) is 5.79 Å². The minimum absolute atomic E-state index is 0.0179. The van der Waals surface area contributed by atoms with Crippen LogP contribution < -0.4 is 9.47 Å². The van der Waals surface area contributed by atoms with Gasteiger partial charge >= 0.3 is 5.97 Å². The Labute approximate surface area is 181 Å². The Morgan fingerprint density at radius 3 is 2.68 bits per heavy atom. The minimum atomic E-state index is -1.72.